The maximum Gasteiger partial charge on any atom is 0.255 e. The number of nitrogens with one attached hydrogen (secondary N) is 1. The van der Waals surface area contributed by atoms with Gasteiger partial charge in [-0.15, -0.1) is 0 Å². The molecule has 0 atom stereocenters. The normalized spacial score (nSPS) is 10.6. The lowest BCUT2D eigenvalue weighted by Crippen LogP contribution is -2.24. The Morgan fingerprint density at radius 1 is 1.09 bits per heavy atom. The molecule has 2 aromatic carbocycles. The highest BCUT2D eigenvalue weighted by atomic mass is 16.3. The molecule has 3 rings (SSSR count). The molecule has 0 unspecified atom stereocenters. The predicted octanol–water partition coefficient (Wildman–Crippen LogP) is 2.57. The first-order chi connectivity index (χ1) is 10.6. The first kappa shape index (κ1) is 14.0. The minimum atomic E-state index is -0.354. The Kier molecular flexibility index (Phi) is 3.70. The number of aromatic hydroxyl groups is 1. The molecule has 1 amide bonds. The molecule has 0 bridgehead atoms. The number of aryl methyl sites for hydroxylation is 1. The van der Waals surface area contributed by atoms with Gasteiger partial charge in [0.15, 0.2) is 0 Å². The van der Waals surface area contributed by atoms with Crippen molar-refractivity contribution in [3.8, 4) is 5.75 Å². The van der Waals surface area contributed by atoms with E-state index >= 15 is 0 Å². The highest BCUT2D eigenvalue weighted by Crippen LogP contribution is 2.16. The van der Waals surface area contributed by atoms with Gasteiger partial charge in [-0.2, -0.15) is 0 Å². The van der Waals surface area contributed by atoms with E-state index in [1.165, 1.54) is 6.07 Å². The number of benzene rings is 2. The number of carbonyl (C=O) groups is 1. The first-order valence-corrected chi connectivity index (χ1v) is 6.93. The van der Waals surface area contributed by atoms with Gasteiger partial charge in [0, 0.05) is 11.1 Å². The van der Waals surface area contributed by atoms with Gasteiger partial charge in [-0.1, -0.05) is 30.3 Å². The lowest BCUT2D eigenvalue weighted by molar-refractivity contribution is 0.0947. The fourth-order valence-corrected chi connectivity index (χ4v) is 2.29. The molecule has 5 nitrogen and oxygen atoms in total. The molecule has 0 fully saturated rings. The highest BCUT2D eigenvalue weighted by Gasteiger charge is 2.11. The number of para-hydroxylation sites is 2. The van der Waals surface area contributed by atoms with E-state index in [0.29, 0.717) is 5.82 Å². The summed E-state index contributed by atoms with van der Waals surface area (Å²) < 4.78 is 0. The molecule has 0 aliphatic carbocycles. The minimum absolute atomic E-state index is 0.0457. The SMILES string of the molecule is Cc1nc(CNC(=O)c2ccccc2O)nc2ccccc12. The molecule has 0 radical (unpaired) electrons. The molecular formula is C17H15N3O2. The van der Waals surface area contributed by atoms with Crippen LogP contribution >= 0.6 is 0 Å². The average Bonchev–Trinajstić information content (AvgIpc) is 2.53. The topological polar surface area (TPSA) is 75.1 Å². The van der Waals surface area contributed by atoms with E-state index in [-0.39, 0.29) is 23.8 Å². The quantitative estimate of drug-likeness (QED) is 0.778. The number of phenolic OH excluding ortho intramolecular Hbond substituents is 1. The number of aromatic nitrogens is 2. The van der Waals surface area contributed by atoms with Crippen LogP contribution in [-0.4, -0.2) is 21.0 Å². The Labute approximate surface area is 127 Å². The van der Waals surface area contributed by atoms with E-state index < -0.39 is 0 Å². The molecule has 0 saturated heterocycles. The summed E-state index contributed by atoms with van der Waals surface area (Å²) in [6.45, 7) is 2.12. The van der Waals surface area contributed by atoms with E-state index in [1.54, 1.807) is 18.2 Å². The summed E-state index contributed by atoms with van der Waals surface area (Å²) >= 11 is 0. The third-order valence-corrected chi connectivity index (χ3v) is 3.40. The Morgan fingerprint density at radius 3 is 2.64 bits per heavy atom. The van der Waals surface area contributed by atoms with Gasteiger partial charge in [0.2, 0.25) is 0 Å². The van der Waals surface area contributed by atoms with Crippen molar-refractivity contribution >= 4 is 16.8 Å². The zero-order valence-electron chi connectivity index (χ0n) is 12.1. The Balaban J connectivity index is 1.79. The smallest absolute Gasteiger partial charge is 0.255 e. The van der Waals surface area contributed by atoms with Crippen LogP contribution in [0, 0.1) is 6.92 Å². The average molecular weight is 293 g/mol. The maximum absolute atomic E-state index is 12.1. The molecule has 2 N–H and O–H groups in total. The number of nitrogens with zero attached hydrogens (tertiary/aromatic N) is 2. The lowest BCUT2D eigenvalue weighted by Gasteiger charge is -2.08. The maximum atomic E-state index is 12.1. The third kappa shape index (κ3) is 2.74. The summed E-state index contributed by atoms with van der Waals surface area (Å²) in [6.07, 6.45) is 0. The van der Waals surface area contributed by atoms with Crippen molar-refractivity contribution in [1.29, 1.82) is 0 Å². The van der Waals surface area contributed by atoms with Crippen LogP contribution in [0.3, 0.4) is 0 Å². The Bertz CT molecular complexity index is 846. The molecule has 0 spiro atoms. The first-order valence-electron chi connectivity index (χ1n) is 6.93. The fourth-order valence-electron chi connectivity index (χ4n) is 2.29. The summed E-state index contributed by atoms with van der Waals surface area (Å²) in [5, 5.41) is 13.4. The van der Waals surface area contributed by atoms with Crippen molar-refractivity contribution in [1.82, 2.24) is 15.3 Å². The van der Waals surface area contributed by atoms with Crippen LogP contribution in [0.4, 0.5) is 0 Å². The molecule has 0 aliphatic heterocycles. The summed E-state index contributed by atoms with van der Waals surface area (Å²) in [4.78, 5) is 20.9. The lowest BCUT2D eigenvalue weighted by atomic mass is 10.2. The van der Waals surface area contributed by atoms with Crippen LogP contribution in [0.1, 0.15) is 21.9 Å². The monoisotopic (exact) mass is 293 g/mol. The highest BCUT2D eigenvalue weighted by molar-refractivity contribution is 5.96. The molecule has 0 saturated carbocycles. The summed E-state index contributed by atoms with van der Waals surface area (Å²) in [5.41, 5.74) is 1.96. The van der Waals surface area contributed by atoms with Crippen LogP contribution in [0.15, 0.2) is 48.5 Å². The van der Waals surface area contributed by atoms with Gasteiger partial charge in [0.25, 0.3) is 5.91 Å². The summed E-state index contributed by atoms with van der Waals surface area (Å²) in [5.74, 6) is 0.142. The second-order valence-corrected chi connectivity index (χ2v) is 4.94. The number of hydrogen-bond acceptors (Lipinski definition) is 4. The number of rotatable bonds is 3. The fraction of sp³-hybridized carbons (Fsp3) is 0.118. The van der Waals surface area contributed by atoms with Crippen molar-refractivity contribution in [2.24, 2.45) is 0 Å². The van der Waals surface area contributed by atoms with Crippen molar-refractivity contribution < 1.29 is 9.90 Å². The van der Waals surface area contributed by atoms with Gasteiger partial charge >= 0.3 is 0 Å². The van der Waals surface area contributed by atoms with Crippen LogP contribution < -0.4 is 5.32 Å². The molecule has 110 valence electrons. The van der Waals surface area contributed by atoms with Gasteiger partial charge in [0.1, 0.15) is 11.6 Å². The van der Waals surface area contributed by atoms with Crippen molar-refractivity contribution in [2.75, 3.05) is 0 Å². The molecule has 22 heavy (non-hydrogen) atoms. The number of carbonyl (C=O) groups excluding carboxylic acids is 1. The van der Waals surface area contributed by atoms with Crippen LogP contribution in [0.2, 0.25) is 0 Å². The van der Waals surface area contributed by atoms with E-state index in [4.69, 9.17) is 0 Å². The molecule has 0 aliphatic rings. The second-order valence-electron chi connectivity index (χ2n) is 4.94. The minimum Gasteiger partial charge on any atom is -0.507 e. The van der Waals surface area contributed by atoms with Crippen LogP contribution in [-0.2, 0) is 6.54 Å². The van der Waals surface area contributed by atoms with Gasteiger partial charge in [-0.25, -0.2) is 9.97 Å². The largest absolute Gasteiger partial charge is 0.507 e. The van der Waals surface area contributed by atoms with Gasteiger partial charge < -0.3 is 10.4 Å². The Morgan fingerprint density at radius 2 is 1.82 bits per heavy atom. The molecule has 5 heteroatoms. The zero-order valence-corrected chi connectivity index (χ0v) is 12.1. The van der Waals surface area contributed by atoms with Crippen LogP contribution in [0.5, 0.6) is 5.75 Å². The summed E-state index contributed by atoms with van der Waals surface area (Å²) in [7, 11) is 0. The molecule has 3 aromatic rings. The van der Waals surface area contributed by atoms with Crippen molar-refractivity contribution in [3.63, 3.8) is 0 Å². The molecule has 1 heterocycles. The number of amides is 1. The van der Waals surface area contributed by atoms with Gasteiger partial charge in [0.05, 0.1) is 17.6 Å². The van der Waals surface area contributed by atoms with Crippen molar-refractivity contribution in [3.05, 3.63) is 65.6 Å². The number of phenols is 1. The Hall–Kier alpha value is -2.95. The molecular weight excluding hydrogens is 278 g/mol. The molecule has 1 aromatic heterocycles. The predicted molar refractivity (Wildman–Crippen MR) is 83.6 cm³/mol. The van der Waals surface area contributed by atoms with Gasteiger partial charge in [-0.3, -0.25) is 4.79 Å². The van der Waals surface area contributed by atoms with E-state index in [1.807, 2.05) is 31.2 Å². The standard InChI is InChI=1S/C17H15N3O2/c1-11-12-6-2-4-8-14(12)20-16(19-11)10-18-17(22)13-7-3-5-9-15(13)21/h2-9,21H,10H2,1H3,(H,18,22). The van der Waals surface area contributed by atoms with Crippen molar-refractivity contribution in [2.45, 2.75) is 13.5 Å². The van der Waals surface area contributed by atoms with Gasteiger partial charge in [-0.05, 0) is 25.1 Å². The number of hydrogen-bond donors (Lipinski definition) is 2. The van der Waals surface area contributed by atoms with E-state index in [0.717, 1.165) is 16.6 Å². The summed E-state index contributed by atoms with van der Waals surface area (Å²) in [6, 6.07) is 14.2. The second kappa shape index (κ2) is 5.81. The third-order valence-electron chi connectivity index (χ3n) is 3.40. The zero-order chi connectivity index (χ0) is 15.5. The van der Waals surface area contributed by atoms with E-state index in [2.05, 4.69) is 15.3 Å². The van der Waals surface area contributed by atoms with E-state index in [9.17, 15) is 9.90 Å². The van der Waals surface area contributed by atoms with Crippen LogP contribution in [0.25, 0.3) is 10.9 Å². The number of fused-ring (bicyclic) bond motifs is 1.